The second-order valence-electron chi connectivity index (χ2n) is 5.78. The van der Waals surface area contributed by atoms with Crippen molar-refractivity contribution in [2.45, 2.75) is 50.5 Å². The van der Waals surface area contributed by atoms with Gasteiger partial charge in [0.05, 0.1) is 11.4 Å². The molecule has 2 rings (SSSR count). The minimum atomic E-state index is -2.96. The van der Waals surface area contributed by atoms with Gasteiger partial charge in [0.1, 0.15) is 15.6 Å². The van der Waals surface area contributed by atoms with Gasteiger partial charge in [-0.05, 0) is 43.5 Å². The van der Waals surface area contributed by atoms with E-state index in [1.54, 1.807) is 0 Å². The molecule has 2 atom stereocenters. The minimum Gasteiger partial charge on any atom is -0.490 e. The molecule has 5 heteroatoms. The lowest BCUT2D eigenvalue weighted by Crippen LogP contribution is -2.33. The number of nitrogens with one attached hydrogen (secondary N) is 1. The summed E-state index contributed by atoms with van der Waals surface area (Å²) in [6, 6.07) is 8.04. The predicted molar refractivity (Wildman–Crippen MR) is 85.3 cm³/mol. The standard InChI is InChI=1S/C16H25NO3S/c1-3-17-12-13-7-9-14(10-8-13)20-15-5-4-6-16(11-15)21(2,18)19/h7-10,15-17H,3-6,11-12H2,1-2H3. The zero-order chi connectivity index (χ0) is 15.3. The highest BCUT2D eigenvalue weighted by molar-refractivity contribution is 7.91. The first-order chi connectivity index (χ1) is 9.99. The highest BCUT2D eigenvalue weighted by Crippen LogP contribution is 2.27. The van der Waals surface area contributed by atoms with Crippen LogP contribution in [0.25, 0.3) is 0 Å². The summed E-state index contributed by atoms with van der Waals surface area (Å²) in [5.41, 5.74) is 1.22. The van der Waals surface area contributed by atoms with Crippen molar-refractivity contribution < 1.29 is 13.2 Å². The molecule has 1 fully saturated rings. The van der Waals surface area contributed by atoms with E-state index in [0.29, 0.717) is 6.42 Å². The average molecular weight is 311 g/mol. The van der Waals surface area contributed by atoms with Crippen LogP contribution in [0, 0.1) is 0 Å². The van der Waals surface area contributed by atoms with Gasteiger partial charge in [0.15, 0.2) is 0 Å². The third-order valence-electron chi connectivity index (χ3n) is 3.99. The monoisotopic (exact) mass is 311 g/mol. The van der Waals surface area contributed by atoms with Gasteiger partial charge in [-0.2, -0.15) is 0 Å². The Bertz CT molecular complexity index is 539. The Morgan fingerprint density at radius 3 is 2.57 bits per heavy atom. The topological polar surface area (TPSA) is 55.4 Å². The molecular formula is C16H25NO3S. The van der Waals surface area contributed by atoms with E-state index in [2.05, 4.69) is 24.4 Å². The SMILES string of the molecule is CCNCc1ccc(OC2CCCC(S(C)(=O)=O)C2)cc1. The maximum Gasteiger partial charge on any atom is 0.150 e. The van der Waals surface area contributed by atoms with Crippen molar-refractivity contribution in [2.75, 3.05) is 12.8 Å². The summed E-state index contributed by atoms with van der Waals surface area (Å²) in [5.74, 6) is 0.828. The lowest BCUT2D eigenvalue weighted by atomic mass is 9.97. The van der Waals surface area contributed by atoms with Crippen LogP contribution >= 0.6 is 0 Å². The summed E-state index contributed by atoms with van der Waals surface area (Å²) in [6.45, 7) is 3.89. The molecule has 0 radical (unpaired) electrons. The normalized spacial score (nSPS) is 23.0. The van der Waals surface area contributed by atoms with E-state index in [1.165, 1.54) is 11.8 Å². The summed E-state index contributed by atoms with van der Waals surface area (Å²) in [6.07, 6.45) is 4.57. The number of sulfone groups is 1. The molecule has 4 nitrogen and oxygen atoms in total. The van der Waals surface area contributed by atoms with Crippen LogP contribution < -0.4 is 10.1 Å². The van der Waals surface area contributed by atoms with Gasteiger partial charge in [-0.25, -0.2) is 8.42 Å². The Hall–Kier alpha value is -1.07. The van der Waals surface area contributed by atoms with Gasteiger partial charge in [-0.15, -0.1) is 0 Å². The molecule has 0 heterocycles. The highest BCUT2D eigenvalue weighted by atomic mass is 32.2. The maximum atomic E-state index is 11.7. The van der Waals surface area contributed by atoms with E-state index >= 15 is 0 Å². The van der Waals surface area contributed by atoms with E-state index < -0.39 is 9.84 Å². The van der Waals surface area contributed by atoms with Crippen molar-refractivity contribution >= 4 is 9.84 Å². The Morgan fingerprint density at radius 1 is 1.24 bits per heavy atom. The maximum absolute atomic E-state index is 11.7. The molecule has 0 spiro atoms. The van der Waals surface area contributed by atoms with Crippen molar-refractivity contribution in [3.63, 3.8) is 0 Å². The number of hydrogen-bond acceptors (Lipinski definition) is 4. The molecule has 2 unspecified atom stereocenters. The number of benzene rings is 1. The molecular weight excluding hydrogens is 286 g/mol. The Morgan fingerprint density at radius 2 is 1.95 bits per heavy atom. The van der Waals surface area contributed by atoms with Gasteiger partial charge in [0.2, 0.25) is 0 Å². The fourth-order valence-corrected chi connectivity index (χ4v) is 3.90. The lowest BCUT2D eigenvalue weighted by Gasteiger charge is -2.28. The second-order valence-corrected chi connectivity index (χ2v) is 8.11. The predicted octanol–water partition coefficient (Wildman–Crippen LogP) is 2.53. The third-order valence-corrected chi connectivity index (χ3v) is 5.63. The van der Waals surface area contributed by atoms with Crippen molar-refractivity contribution in [2.24, 2.45) is 0 Å². The van der Waals surface area contributed by atoms with Crippen LogP contribution in [0.1, 0.15) is 38.2 Å². The highest BCUT2D eigenvalue weighted by Gasteiger charge is 2.29. The van der Waals surface area contributed by atoms with Crippen LogP contribution in [0.4, 0.5) is 0 Å². The van der Waals surface area contributed by atoms with Gasteiger partial charge in [0, 0.05) is 19.2 Å². The molecule has 1 aliphatic rings. The van der Waals surface area contributed by atoms with Gasteiger partial charge in [0.25, 0.3) is 0 Å². The molecule has 1 aromatic rings. The summed E-state index contributed by atoms with van der Waals surface area (Å²) < 4.78 is 29.3. The number of ether oxygens (including phenoxy) is 1. The average Bonchev–Trinajstić information content (AvgIpc) is 2.46. The van der Waals surface area contributed by atoms with Crippen LogP contribution in [0.3, 0.4) is 0 Å². The summed E-state index contributed by atoms with van der Waals surface area (Å²) in [4.78, 5) is 0. The zero-order valence-electron chi connectivity index (χ0n) is 12.8. The summed E-state index contributed by atoms with van der Waals surface area (Å²) >= 11 is 0. The second kappa shape index (κ2) is 7.27. The van der Waals surface area contributed by atoms with Crippen molar-refractivity contribution in [3.8, 4) is 5.75 Å². The number of hydrogen-bond donors (Lipinski definition) is 1. The first kappa shape index (κ1) is 16.3. The fraction of sp³-hybridized carbons (Fsp3) is 0.625. The third kappa shape index (κ3) is 5.00. The number of rotatable bonds is 6. The van der Waals surface area contributed by atoms with E-state index in [1.807, 2.05) is 12.1 Å². The van der Waals surface area contributed by atoms with Gasteiger partial charge in [-0.3, -0.25) is 0 Å². The Kier molecular flexibility index (Phi) is 5.65. The summed E-state index contributed by atoms with van der Waals surface area (Å²) in [5, 5.41) is 3.03. The molecule has 0 aromatic heterocycles. The molecule has 1 aromatic carbocycles. The molecule has 0 bridgehead atoms. The van der Waals surface area contributed by atoms with Gasteiger partial charge < -0.3 is 10.1 Å². The molecule has 1 N–H and O–H groups in total. The lowest BCUT2D eigenvalue weighted by molar-refractivity contribution is 0.156. The van der Waals surface area contributed by atoms with Crippen LogP contribution in [-0.2, 0) is 16.4 Å². The Balaban J connectivity index is 1.92. The first-order valence-corrected chi connectivity index (χ1v) is 9.59. The van der Waals surface area contributed by atoms with E-state index in [0.717, 1.165) is 38.1 Å². The summed E-state index contributed by atoms with van der Waals surface area (Å²) in [7, 11) is -2.96. The van der Waals surface area contributed by atoms with Crippen LogP contribution in [0.15, 0.2) is 24.3 Å². The fourth-order valence-electron chi connectivity index (χ4n) is 2.75. The van der Waals surface area contributed by atoms with Crippen LogP contribution in [-0.4, -0.2) is 32.6 Å². The molecule has 1 aliphatic carbocycles. The van der Waals surface area contributed by atoms with Crippen molar-refractivity contribution in [1.29, 1.82) is 0 Å². The van der Waals surface area contributed by atoms with E-state index in [-0.39, 0.29) is 11.4 Å². The first-order valence-electron chi connectivity index (χ1n) is 7.64. The largest absolute Gasteiger partial charge is 0.490 e. The molecule has 0 saturated heterocycles. The van der Waals surface area contributed by atoms with E-state index in [9.17, 15) is 8.42 Å². The molecule has 0 amide bonds. The van der Waals surface area contributed by atoms with Crippen molar-refractivity contribution in [3.05, 3.63) is 29.8 Å². The van der Waals surface area contributed by atoms with Crippen molar-refractivity contribution in [1.82, 2.24) is 5.32 Å². The van der Waals surface area contributed by atoms with Gasteiger partial charge in [-0.1, -0.05) is 19.1 Å². The molecule has 21 heavy (non-hydrogen) atoms. The smallest absolute Gasteiger partial charge is 0.150 e. The van der Waals surface area contributed by atoms with Crippen LogP contribution in [0.5, 0.6) is 5.75 Å². The quantitative estimate of drug-likeness (QED) is 0.877. The van der Waals surface area contributed by atoms with Gasteiger partial charge >= 0.3 is 0 Å². The van der Waals surface area contributed by atoms with E-state index in [4.69, 9.17) is 4.74 Å². The van der Waals surface area contributed by atoms with Crippen LogP contribution in [0.2, 0.25) is 0 Å². The minimum absolute atomic E-state index is 0.0121. The molecule has 1 saturated carbocycles. The Labute approximate surface area is 127 Å². The molecule has 118 valence electrons. The zero-order valence-corrected chi connectivity index (χ0v) is 13.7. The molecule has 0 aliphatic heterocycles.